The van der Waals surface area contributed by atoms with Crippen molar-refractivity contribution in [3.63, 3.8) is 0 Å². The normalized spacial score (nSPS) is 15.8. The molecule has 202 valence electrons. The molecule has 2 aliphatic heterocycles. The van der Waals surface area contributed by atoms with Crippen LogP contribution in [0.2, 0.25) is 0 Å². The molecule has 0 aliphatic carbocycles. The Morgan fingerprint density at radius 1 is 1.00 bits per heavy atom. The molecular formula is C24H31N3O8S2. The molecule has 13 heteroatoms. The lowest BCUT2D eigenvalue weighted by molar-refractivity contribution is -0.119. The maximum atomic E-state index is 12.7. The fourth-order valence-corrected chi connectivity index (χ4v) is 6.60. The summed E-state index contributed by atoms with van der Waals surface area (Å²) >= 11 is 0. The summed E-state index contributed by atoms with van der Waals surface area (Å²) in [5.74, 6) is 0.727. The highest BCUT2D eigenvalue weighted by Crippen LogP contribution is 2.34. The van der Waals surface area contributed by atoms with E-state index in [0.29, 0.717) is 49.2 Å². The molecule has 0 bridgehead atoms. The minimum absolute atomic E-state index is 0.120. The maximum Gasteiger partial charge on any atom is 0.243 e. The van der Waals surface area contributed by atoms with Gasteiger partial charge >= 0.3 is 0 Å². The van der Waals surface area contributed by atoms with Crippen molar-refractivity contribution in [1.29, 1.82) is 0 Å². The van der Waals surface area contributed by atoms with Gasteiger partial charge in [0.2, 0.25) is 26.0 Å². The molecule has 2 aromatic rings. The number of amides is 1. The van der Waals surface area contributed by atoms with Crippen molar-refractivity contribution in [2.75, 3.05) is 56.1 Å². The highest BCUT2D eigenvalue weighted by atomic mass is 32.2. The number of hydrogen-bond donors (Lipinski definition) is 1. The fourth-order valence-electron chi connectivity index (χ4n) is 4.02. The minimum atomic E-state index is -3.74. The third-order valence-electron chi connectivity index (χ3n) is 6.02. The summed E-state index contributed by atoms with van der Waals surface area (Å²) in [5.41, 5.74) is 0.307. The molecule has 2 heterocycles. The quantitative estimate of drug-likeness (QED) is 0.415. The van der Waals surface area contributed by atoms with Gasteiger partial charge in [0.1, 0.15) is 32.1 Å². The molecule has 0 saturated carbocycles. The Balaban J connectivity index is 1.30. The summed E-state index contributed by atoms with van der Waals surface area (Å²) in [4.78, 5) is 12.8. The average molecular weight is 554 g/mol. The van der Waals surface area contributed by atoms with Crippen LogP contribution in [0.4, 0.5) is 5.69 Å². The van der Waals surface area contributed by atoms with E-state index in [1.54, 1.807) is 30.3 Å². The van der Waals surface area contributed by atoms with Crippen LogP contribution in [-0.2, 0) is 24.8 Å². The summed E-state index contributed by atoms with van der Waals surface area (Å²) in [6.07, 6.45) is 1.73. The molecule has 1 fully saturated rings. The van der Waals surface area contributed by atoms with Crippen LogP contribution < -0.4 is 23.8 Å². The minimum Gasteiger partial charge on any atom is -0.492 e. The molecular weight excluding hydrogens is 522 g/mol. The predicted molar refractivity (Wildman–Crippen MR) is 137 cm³/mol. The first-order valence-corrected chi connectivity index (χ1v) is 15.2. The number of anilines is 1. The van der Waals surface area contributed by atoms with Crippen molar-refractivity contribution in [2.24, 2.45) is 0 Å². The van der Waals surface area contributed by atoms with Gasteiger partial charge in [-0.2, -0.15) is 4.31 Å². The van der Waals surface area contributed by atoms with Gasteiger partial charge in [-0.05, 0) is 56.2 Å². The van der Waals surface area contributed by atoms with E-state index < -0.39 is 32.5 Å². The Labute approximate surface area is 217 Å². The Kier molecular flexibility index (Phi) is 8.45. The van der Waals surface area contributed by atoms with E-state index in [-0.39, 0.29) is 23.8 Å². The van der Waals surface area contributed by atoms with Crippen LogP contribution >= 0.6 is 0 Å². The molecule has 37 heavy (non-hydrogen) atoms. The van der Waals surface area contributed by atoms with Crippen LogP contribution in [0.3, 0.4) is 0 Å². The average Bonchev–Trinajstić information content (AvgIpc) is 3.46. The summed E-state index contributed by atoms with van der Waals surface area (Å²) in [7, 11) is -7.23. The molecule has 0 spiro atoms. The number of sulfonamides is 2. The molecule has 2 aliphatic rings. The van der Waals surface area contributed by atoms with E-state index in [0.717, 1.165) is 17.1 Å². The Morgan fingerprint density at radius 3 is 2.35 bits per heavy atom. The van der Waals surface area contributed by atoms with Gasteiger partial charge in [-0.1, -0.05) is 0 Å². The number of rotatable bonds is 11. The lowest BCUT2D eigenvalue weighted by Crippen LogP contribution is -2.42. The maximum absolute atomic E-state index is 12.7. The molecule has 1 amide bonds. The van der Waals surface area contributed by atoms with Crippen LogP contribution in [0.15, 0.2) is 47.4 Å². The Bertz CT molecular complexity index is 1310. The molecule has 1 saturated heterocycles. The lowest BCUT2D eigenvalue weighted by Gasteiger charge is -2.25. The number of nitrogens with zero attached hydrogens (tertiary/aromatic N) is 2. The van der Waals surface area contributed by atoms with Gasteiger partial charge in [0.25, 0.3) is 0 Å². The SMILES string of the molecule is CCS(=O)(=O)N(CC(=O)NCCOc1ccc(S(=O)(=O)N2CCCC2)cc1)c1ccc2c(c1)OCCO2. The van der Waals surface area contributed by atoms with Gasteiger partial charge in [0.05, 0.1) is 22.9 Å². The standard InChI is InChI=1S/C24H31N3O8S2/c1-2-36(29,30)27(19-5-10-22-23(17-19)35-16-15-34-22)18-24(28)25-11-14-33-20-6-8-21(9-7-20)37(31,32)26-12-3-4-13-26/h5-10,17H,2-4,11-16,18H2,1H3,(H,25,28). The van der Waals surface area contributed by atoms with Gasteiger partial charge in [-0.25, -0.2) is 16.8 Å². The number of carbonyl (C=O) groups is 1. The second kappa shape index (κ2) is 11.6. The van der Waals surface area contributed by atoms with E-state index in [2.05, 4.69) is 5.32 Å². The summed E-state index contributed by atoms with van der Waals surface area (Å²) < 4.78 is 69.8. The molecule has 0 unspecified atom stereocenters. The number of hydrogen-bond acceptors (Lipinski definition) is 8. The van der Waals surface area contributed by atoms with Crippen molar-refractivity contribution in [3.05, 3.63) is 42.5 Å². The number of fused-ring (bicyclic) bond motifs is 1. The second-order valence-electron chi connectivity index (χ2n) is 8.52. The largest absolute Gasteiger partial charge is 0.492 e. The summed E-state index contributed by atoms with van der Waals surface area (Å²) in [5, 5.41) is 2.66. The zero-order valence-corrected chi connectivity index (χ0v) is 22.2. The number of carbonyl (C=O) groups excluding carboxylic acids is 1. The van der Waals surface area contributed by atoms with Gasteiger partial charge in [0.15, 0.2) is 11.5 Å². The van der Waals surface area contributed by atoms with E-state index in [4.69, 9.17) is 14.2 Å². The predicted octanol–water partition coefficient (Wildman–Crippen LogP) is 1.59. The number of nitrogens with one attached hydrogen (secondary N) is 1. The fraction of sp³-hybridized carbons (Fsp3) is 0.458. The van der Waals surface area contributed by atoms with Crippen molar-refractivity contribution in [3.8, 4) is 17.2 Å². The van der Waals surface area contributed by atoms with Crippen molar-refractivity contribution >= 4 is 31.6 Å². The van der Waals surface area contributed by atoms with Crippen LogP contribution in [0.1, 0.15) is 19.8 Å². The van der Waals surface area contributed by atoms with Crippen LogP contribution in [0.25, 0.3) is 0 Å². The van der Waals surface area contributed by atoms with Gasteiger partial charge < -0.3 is 19.5 Å². The van der Waals surface area contributed by atoms with Crippen LogP contribution in [0, 0.1) is 0 Å². The molecule has 11 nitrogen and oxygen atoms in total. The molecule has 4 rings (SSSR count). The van der Waals surface area contributed by atoms with Crippen molar-refractivity contribution in [1.82, 2.24) is 9.62 Å². The Hall–Kier alpha value is -3.03. The molecule has 0 aromatic heterocycles. The van der Waals surface area contributed by atoms with Gasteiger partial charge in [-0.3, -0.25) is 9.10 Å². The van der Waals surface area contributed by atoms with E-state index in [1.807, 2.05) is 0 Å². The number of ether oxygens (including phenoxy) is 3. The third kappa shape index (κ3) is 6.46. The monoisotopic (exact) mass is 553 g/mol. The smallest absolute Gasteiger partial charge is 0.243 e. The van der Waals surface area contributed by atoms with E-state index >= 15 is 0 Å². The van der Waals surface area contributed by atoms with Gasteiger partial charge in [-0.15, -0.1) is 0 Å². The number of benzene rings is 2. The molecule has 0 radical (unpaired) electrons. The molecule has 2 aromatic carbocycles. The first-order valence-electron chi connectivity index (χ1n) is 12.1. The van der Waals surface area contributed by atoms with Crippen LogP contribution in [-0.4, -0.2) is 78.8 Å². The third-order valence-corrected chi connectivity index (χ3v) is 9.67. The summed E-state index contributed by atoms with van der Waals surface area (Å²) in [6.45, 7) is 3.19. The first kappa shape index (κ1) is 27.0. The highest BCUT2D eigenvalue weighted by Gasteiger charge is 2.27. The lowest BCUT2D eigenvalue weighted by atomic mass is 10.2. The second-order valence-corrected chi connectivity index (χ2v) is 12.6. The van der Waals surface area contributed by atoms with E-state index in [1.165, 1.54) is 23.4 Å². The van der Waals surface area contributed by atoms with E-state index in [9.17, 15) is 21.6 Å². The molecule has 0 atom stereocenters. The topological polar surface area (TPSA) is 132 Å². The highest BCUT2D eigenvalue weighted by molar-refractivity contribution is 7.92. The zero-order chi connectivity index (χ0) is 26.5. The first-order chi connectivity index (χ1) is 17.7. The molecule has 1 N–H and O–H groups in total. The van der Waals surface area contributed by atoms with Crippen molar-refractivity contribution < 1.29 is 35.8 Å². The Morgan fingerprint density at radius 2 is 1.68 bits per heavy atom. The zero-order valence-electron chi connectivity index (χ0n) is 20.6. The van der Waals surface area contributed by atoms with Crippen molar-refractivity contribution in [2.45, 2.75) is 24.7 Å². The van der Waals surface area contributed by atoms with Gasteiger partial charge in [0, 0.05) is 19.2 Å². The summed E-state index contributed by atoms with van der Waals surface area (Å²) in [6, 6.07) is 10.9. The van der Waals surface area contributed by atoms with Crippen LogP contribution in [0.5, 0.6) is 17.2 Å².